The van der Waals surface area contributed by atoms with Crippen LogP contribution in [-0.4, -0.2) is 58.3 Å². The van der Waals surface area contributed by atoms with Gasteiger partial charge < -0.3 is 30.5 Å². The minimum absolute atomic E-state index is 0.0111. The quantitative estimate of drug-likeness (QED) is 0.366. The highest BCUT2D eigenvalue weighted by Crippen LogP contribution is 2.36. The van der Waals surface area contributed by atoms with E-state index < -0.39 is 5.91 Å². The monoisotopic (exact) mass is 453 g/mol. The highest BCUT2D eigenvalue weighted by atomic mass is 16.5. The minimum atomic E-state index is -0.463. The van der Waals surface area contributed by atoms with Gasteiger partial charge >= 0.3 is 0 Å². The molecule has 33 heavy (non-hydrogen) atoms. The van der Waals surface area contributed by atoms with Gasteiger partial charge in [-0.15, -0.1) is 10.2 Å². The van der Waals surface area contributed by atoms with Crippen molar-refractivity contribution in [2.45, 2.75) is 19.4 Å². The first-order chi connectivity index (χ1) is 16.0. The van der Waals surface area contributed by atoms with Crippen LogP contribution in [-0.2, 0) is 11.3 Å². The Morgan fingerprint density at radius 2 is 2.06 bits per heavy atom. The van der Waals surface area contributed by atoms with E-state index in [1.807, 2.05) is 0 Å². The smallest absolute Gasteiger partial charge is 0.273 e. The zero-order chi connectivity index (χ0) is 23.4. The third-order valence-electron chi connectivity index (χ3n) is 4.83. The van der Waals surface area contributed by atoms with Gasteiger partial charge in [-0.3, -0.25) is 9.59 Å². The van der Waals surface area contributed by atoms with Gasteiger partial charge in [0, 0.05) is 25.2 Å². The van der Waals surface area contributed by atoms with Crippen molar-refractivity contribution in [3.05, 3.63) is 29.9 Å². The summed E-state index contributed by atoms with van der Waals surface area (Å²) < 4.78 is 10.8. The van der Waals surface area contributed by atoms with Crippen molar-refractivity contribution >= 4 is 29.1 Å². The molecule has 3 aromatic heterocycles. The molecule has 4 N–H and O–H groups in total. The molecule has 3 aromatic rings. The molecule has 0 spiro atoms. The van der Waals surface area contributed by atoms with Gasteiger partial charge in [-0.2, -0.15) is 4.98 Å². The van der Waals surface area contributed by atoms with Gasteiger partial charge in [0.15, 0.2) is 23.1 Å². The fourth-order valence-corrected chi connectivity index (χ4v) is 3.04. The molecule has 0 unspecified atom stereocenters. The van der Waals surface area contributed by atoms with E-state index in [0.29, 0.717) is 29.6 Å². The van der Waals surface area contributed by atoms with Gasteiger partial charge in [0.25, 0.3) is 5.91 Å². The molecular weight excluding hydrogens is 430 g/mol. The average Bonchev–Trinajstić information content (AvgIpc) is 3.58. The predicted octanol–water partition coefficient (Wildman–Crippen LogP) is 1.10. The summed E-state index contributed by atoms with van der Waals surface area (Å²) >= 11 is 0. The molecule has 1 fully saturated rings. The van der Waals surface area contributed by atoms with Crippen LogP contribution >= 0.6 is 0 Å². The number of methoxy groups -OCH3 is 1. The molecule has 13 heteroatoms. The summed E-state index contributed by atoms with van der Waals surface area (Å²) in [5, 5.41) is 23.2. The lowest BCUT2D eigenvalue weighted by atomic mass is 10.2. The Morgan fingerprint density at radius 1 is 1.24 bits per heavy atom. The lowest BCUT2D eigenvalue weighted by Crippen LogP contribution is -2.22. The second-order valence-corrected chi connectivity index (χ2v) is 7.24. The third-order valence-corrected chi connectivity index (χ3v) is 4.83. The predicted molar refractivity (Wildman–Crippen MR) is 117 cm³/mol. The second kappa shape index (κ2) is 9.56. The van der Waals surface area contributed by atoms with Crippen LogP contribution in [0.5, 0.6) is 5.75 Å². The number of anilines is 3. The molecule has 0 aromatic carbocycles. The number of nitrogens with zero attached hydrogens (tertiary/aromatic N) is 5. The SMILES string of the molecule is CNCc1nc(-c2ccnc(Nc3cc(NC(=O)C4CC4)nnc3C(=O)NC)c2OC)no1. The van der Waals surface area contributed by atoms with Gasteiger partial charge in [-0.25, -0.2) is 4.98 Å². The number of nitrogens with one attached hydrogen (secondary N) is 4. The first-order valence-electron chi connectivity index (χ1n) is 10.2. The molecule has 0 atom stereocenters. The van der Waals surface area contributed by atoms with Gasteiger partial charge in [0.1, 0.15) is 0 Å². The molecule has 3 heterocycles. The summed E-state index contributed by atoms with van der Waals surface area (Å²) in [4.78, 5) is 33.2. The molecule has 1 aliphatic rings. The van der Waals surface area contributed by atoms with Gasteiger partial charge in [-0.05, 0) is 26.0 Å². The van der Waals surface area contributed by atoms with Crippen molar-refractivity contribution in [3.63, 3.8) is 0 Å². The van der Waals surface area contributed by atoms with E-state index in [1.54, 1.807) is 13.1 Å². The fourth-order valence-electron chi connectivity index (χ4n) is 3.04. The number of carbonyl (C=O) groups is 2. The summed E-state index contributed by atoms with van der Waals surface area (Å²) in [5.41, 5.74) is 0.835. The van der Waals surface area contributed by atoms with Crippen LogP contribution < -0.4 is 26.0 Å². The van der Waals surface area contributed by atoms with Crippen LogP contribution in [0.15, 0.2) is 22.9 Å². The second-order valence-electron chi connectivity index (χ2n) is 7.24. The maximum Gasteiger partial charge on any atom is 0.273 e. The van der Waals surface area contributed by atoms with Crippen molar-refractivity contribution in [1.82, 2.24) is 36.0 Å². The van der Waals surface area contributed by atoms with E-state index in [9.17, 15) is 9.59 Å². The number of hydrogen-bond donors (Lipinski definition) is 4. The van der Waals surface area contributed by atoms with Crippen LogP contribution in [0.3, 0.4) is 0 Å². The first kappa shape index (κ1) is 22.1. The molecule has 0 saturated heterocycles. The number of ether oxygens (including phenoxy) is 1. The Hall–Kier alpha value is -4.13. The lowest BCUT2D eigenvalue weighted by molar-refractivity contribution is -0.117. The lowest BCUT2D eigenvalue weighted by Gasteiger charge is -2.15. The van der Waals surface area contributed by atoms with Crippen LogP contribution in [0.1, 0.15) is 29.2 Å². The zero-order valence-electron chi connectivity index (χ0n) is 18.3. The van der Waals surface area contributed by atoms with Gasteiger partial charge in [0.05, 0.1) is 24.9 Å². The summed E-state index contributed by atoms with van der Waals surface area (Å²) in [6.07, 6.45) is 3.24. The van der Waals surface area contributed by atoms with E-state index in [1.165, 1.54) is 26.4 Å². The average molecular weight is 453 g/mol. The van der Waals surface area contributed by atoms with Crippen molar-refractivity contribution in [2.75, 3.05) is 31.8 Å². The summed E-state index contributed by atoms with van der Waals surface area (Å²) in [6.45, 7) is 0.416. The van der Waals surface area contributed by atoms with E-state index in [0.717, 1.165) is 12.8 Å². The number of pyridine rings is 1. The molecular formula is C20H23N9O4. The topological polar surface area (TPSA) is 169 Å². The Morgan fingerprint density at radius 3 is 2.76 bits per heavy atom. The molecule has 0 bridgehead atoms. The number of amides is 2. The normalized spacial score (nSPS) is 12.8. The minimum Gasteiger partial charge on any atom is -0.492 e. The number of rotatable bonds is 9. The third kappa shape index (κ3) is 4.87. The Labute approximate surface area is 188 Å². The summed E-state index contributed by atoms with van der Waals surface area (Å²) in [5.74, 6) is 0.960. The molecule has 1 aliphatic carbocycles. The highest BCUT2D eigenvalue weighted by Gasteiger charge is 2.30. The van der Waals surface area contributed by atoms with Crippen molar-refractivity contribution < 1.29 is 18.8 Å². The Kier molecular flexibility index (Phi) is 6.40. The van der Waals surface area contributed by atoms with Gasteiger partial charge in [-0.1, -0.05) is 5.16 Å². The number of hydrogen-bond acceptors (Lipinski definition) is 11. The van der Waals surface area contributed by atoms with E-state index >= 15 is 0 Å². The molecule has 2 amide bonds. The van der Waals surface area contributed by atoms with Crippen LogP contribution in [0.25, 0.3) is 11.4 Å². The van der Waals surface area contributed by atoms with Crippen LogP contribution in [0.2, 0.25) is 0 Å². The highest BCUT2D eigenvalue weighted by molar-refractivity contribution is 5.99. The fraction of sp³-hybridized carbons (Fsp3) is 0.350. The maximum absolute atomic E-state index is 12.4. The molecule has 1 saturated carbocycles. The molecule has 172 valence electrons. The van der Waals surface area contributed by atoms with Crippen LogP contribution in [0.4, 0.5) is 17.3 Å². The maximum atomic E-state index is 12.4. The van der Waals surface area contributed by atoms with Crippen molar-refractivity contribution in [1.29, 1.82) is 0 Å². The number of aromatic nitrogens is 5. The summed E-state index contributed by atoms with van der Waals surface area (Å²) in [7, 11) is 4.73. The molecule has 4 rings (SSSR count). The van der Waals surface area contributed by atoms with E-state index in [2.05, 4.69) is 46.6 Å². The van der Waals surface area contributed by atoms with Gasteiger partial charge in [0.2, 0.25) is 17.6 Å². The summed E-state index contributed by atoms with van der Waals surface area (Å²) in [6, 6.07) is 3.20. The van der Waals surface area contributed by atoms with E-state index in [4.69, 9.17) is 9.26 Å². The zero-order valence-corrected chi connectivity index (χ0v) is 18.3. The van der Waals surface area contributed by atoms with Crippen molar-refractivity contribution in [2.24, 2.45) is 5.92 Å². The standard InChI is InChI=1S/C20H23N9O4/c1-21-9-14-26-17(29-33-14)11-6-7-23-18(16(11)32-3)24-12-8-13(25-19(30)10-4-5-10)27-28-15(12)20(31)22-2/h6-8,10,21H,4-5,9H2,1-3H3,(H,22,31)(H2,23,24,25,27,30). The largest absolute Gasteiger partial charge is 0.492 e. The van der Waals surface area contributed by atoms with E-state index in [-0.39, 0.29) is 34.8 Å². The van der Waals surface area contributed by atoms with Crippen LogP contribution in [0, 0.1) is 5.92 Å². The molecule has 0 radical (unpaired) electrons. The molecule has 0 aliphatic heterocycles. The first-order valence-corrected chi connectivity index (χ1v) is 10.2. The Balaban J connectivity index is 1.69. The number of carbonyl (C=O) groups excluding carboxylic acids is 2. The van der Waals surface area contributed by atoms with Crippen molar-refractivity contribution in [3.8, 4) is 17.1 Å². The molecule has 13 nitrogen and oxygen atoms in total. The Bertz CT molecular complexity index is 1180.